The molecule has 0 bridgehead atoms. The number of carboxylic acids is 1. The van der Waals surface area contributed by atoms with Crippen LogP contribution in [0, 0.1) is 0 Å². The van der Waals surface area contributed by atoms with Gasteiger partial charge in [-0.2, -0.15) is 0 Å². The maximum Gasteiger partial charge on any atom is 0.412 e. The lowest BCUT2D eigenvalue weighted by molar-refractivity contribution is -0.139. The Hall–Kier alpha value is -3.43. The number of hydrogen-bond acceptors (Lipinski definition) is 5. The van der Waals surface area contributed by atoms with Gasteiger partial charge in [-0.05, 0) is 74.7 Å². The van der Waals surface area contributed by atoms with Crippen LogP contribution in [0.2, 0.25) is 18.1 Å². The second-order valence-electron chi connectivity index (χ2n) is 11.9. The molecule has 0 aliphatic rings. The molecule has 2 rings (SSSR count). The highest BCUT2D eigenvalue weighted by Crippen LogP contribution is 2.37. The summed E-state index contributed by atoms with van der Waals surface area (Å²) < 4.78 is 11.5. The number of carbonyl (C=O) groups excluding carboxylic acids is 2. The monoisotopic (exact) mass is 554 g/mol. The number of carboxylic acid groups (broad SMARTS) is 1. The lowest BCUT2D eigenvalue weighted by atomic mass is 9.95. The van der Waals surface area contributed by atoms with E-state index >= 15 is 0 Å². The summed E-state index contributed by atoms with van der Waals surface area (Å²) in [6.45, 7) is 16.4. The third kappa shape index (κ3) is 10.3. The first-order chi connectivity index (χ1) is 18.0. The Bertz CT molecular complexity index is 1180. The van der Waals surface area contributed by atoms with Gasteiger partial charge in [0.05, 0.1) is 17.3 Å². The van der Waals surface area contributed by atoms with Gasteiger partial charge >= 0.3 is 12.1 Å². The predicted octanol–water partition coefficient (Wildman–Crippen LogP) is 7.27. The Kier molecular flexibility index (Phi) is 10.7. The summed E-state index contributed by atoms with van der Waals surface area (Å²) in [5.74, 6) is -1.95. The number of rotatable bonds is 10. The molecule has 8 nitrogen and oxygen atoms in total. The van der Waals surface area contributed by atoms with Gasteiger partial charge in [0.25, 0.3) is 0 Å². The van der Waals surface area contributed by atoms with Crippen LogP contribution in [0.25, 0.3) is 6.08 Å². The molecule has 0 saturated carbocycles. The molecule has 0 spiro atoms. The lowest BCUT2D eigenvalue weighted by Crippen LogP contribution is -2.41. The van der Waals surface area contributed by atoms with Crippen molar-refractivity contribution in [1.29, 1.82) is 0 Å². The van der Waals surface area contributed by atoms with E-state index in [9.17, 15) is 19.5 Å². The summed E-state index contributed by atoms with van der Waals surface area (Å²) in [6, 6.07) is 13.9. The van der Waals surface area contributed by atoms with E-state index in [-0.39, 0.29) is 10.9 Å². The van der Waals surface area contributed by atoms with Crippen molar-refractivity contribution in [3.63, 3.8) is 0 Å². The van der Waals surface area contributed by atoms with Crippen LogP contribution in [-0.4, -0.2) is 43.6 Å². The number of para-hydroxylation sites is 2. The number of aliphatic carboxylic acids is 1. The standard InChI is InChI=1S/C30H42N2O6Si/c1-29(2,3)38-28(36)32-25-12-10-9-11-24(25)31-26(33)18-15-21-13-16-22(17-14-21)23(27(34)35)19-20-37-39(7,8)30(4,5)6/h9-18,23H,19-20H2,1-8H3,(H,31,33)(H,32,36)(H,34,35)/b18-15+. The Morgan fingerprint density at radius 1 is 0.923 bits per heavy atom. The van der Waals surface area contributed by atoms with Crippen molar-refractivity contribution in [3.8, 4) is 0 Å². The summed E-state index contributed by atoms with van der Waals surface area (Å²) in [5.41, 5.74) is 1.62. The number of hydrogen-bond donors (Lipinski definition) is 3. The zero-order chi connectivity index (χ0) is 29.4. The van der Waals surface area contributed by atoms with Crippen molar-refractivity contribution in [1.82, 2.24) is 0 Å². The minimum atomic E-state index is -1.95. The van der Waals surface area contributed by atoms with Gasteiger partial charge in [-0.3, -0.25) is 14.9 Å². The number of nitrogens with one attached hydrogen (secondary N) is 2. The normalized spacial score (nSPS) is 13.1. The zero-order valence-electron chi connectivity index (χ0n) is 24.3. The van der Waals surface area contributed by atoms with E-state index in [2.05, 4.69) is 44.5 Å². The Balaban J connectivity index is 2.01. The van der Waals surface area contributed by atoms with E-state index < -0.39 is 31.9 Å². The average molecular weight is 555 g/mol. The molecular weight excluding hydrogens is 512 g/mol. The molecular formula is C30H42N2O6Si. The Labute approximate surface area is 232 Å². The van der Waals surface area contributed by atoms with Gasteiger partial charge in [0.15, 0.2) is 8.32 Å². The van der Waals surface area contributed by atoms with Crippen LogP contribution in [0.4, 0.5) is 16.2 Å². The van der Waals surface area contributed by atoms with Crippen LogP contribution in [0.3, 0.4) is 0 Å². The third-order valence-electron chi connectivity index (χ3n) is 6.56. The van der Waals surface area contributed by atoms with E-state index in [1.807, 2.05) is 0 Å². The maximum atomic E-state index is 12.6. The summed E-state index contributed by atoms with van der Waals surface area (Å²) in [5, 5.41) is 15.2. The van der Waals surface area contributed by atoms with Crippen LogP contribution in [0.1, 0.15) is 65.0 Å². The maximum absolute atomic E-state index is 12.6. The third-order valence-corrected chi connectivity index (χ3v) is 11.1. The lowest BCUT2D eigenvalue weighted by Gasteiger charge is -2.36. The van der Waals surface area contributed by atoms with Crippen LogP contribution >= 0.6 is 0 Å². The smallest absolute Gasteiger partial charge is 0.412 e. The molecule has 0 saturated heterocycles. The molecule has 2 aromatic rings. The van der Waals surface area contributed by atoms with Crippen molar-refractivity contribution in [2.75, 3.05) is 17.2 Å². The number of ether oxygens (including phenoxy) is 1. The molecule has 1 unspecified atom stereocenters. The first-order valence-electron chi connectivity index (χ1n) is 13.0. The molecule has 39 heavy (non-hydrogen) atoms. The highest BCUT2D eigenvalue weighted by atomic mass is 28.4. The molecule has 0 fully saturated rings. The van der Waals surface area contributed by atoms with Crippen molar-refractivity contribution < 1.29 is 28.7 Å². The molecule has 9 heteroatoms. The fourth-order valence-electron chi connectivity index (χ4n) is 3.38. The first-order valence-corrected chi connectivity index (χ1v) is 15.9. The first kappa shape index (κ1) is 31.8. The van der Waals surface area contributed by atoms with Gasteiger partial charge in [-0.15, -0.1) is 0 Å². The van der Waals surface area contributed by atoms with Crippen molar-refractivity contribution >= 4 is 43.7 Å². The molecule has 1 atom stereocenters. The highest BCUT2D eigenvalue weighted by Gasteiger charge is 2.37. The number of amides is 2. The molecule has 2 amide bonds. The Morgan fingerprint density at radius 3 is 2.00 bits per heavy atom. The van der Waals surface area contributed by atoms with Crippen molar-refractivity contribution in [3.05, 3.63) is 65.7 Å². The molecule has 3 N–H and O–H groups in total. The number of anilines is 2. The molecule has 0 heterocycles. The fraction of sp³-hybridized carbons (Fsp3) is 0.433. The molecule has 0 aliphatic heterocycles. The minimum absolute atomic E-state index is 0.0582. The van der Waals surface area contributed by atoms with Gasteiger partial charge in [0, 0.05) is 12.7 Å². The van der Waals surface area contributed by atoms with E-state index in [0.717, 1.165) is 5.56 Å². The fourth-order valence-corrected chi connectivity index (χ4v) is 4.44. The number of carbonyl (C=O) groups is 3. The van der Waals surface area contributed by atoms with Crippen molar-refractivity contribution in [2.24, 2.45) is 0 Å². The van der Waals surface area contributed by atoms with E-state index in [4.69, 9.17) is 9.16 Å². The van der Waals surface area contributed by atoms with Crippen LogP contribution in [0.5, 0.6) is 0 Å². The van der Waals surface area contributed by atoms with Gasteiger partial charge in [0.2, 0.25) is 5.91 Å². The molecule has 0 aliphatic carbocycles. The van der Waals surface area contributed by atoms with Gasteiger partial charge in [-0.1, -0.05) is 57.2 Å². The summed E-state index contributed by atoms with van der Waals surface area (Å²) in [4.78, 5) is 36.6. The summed E-state index contributed by atoms with van der Waals surface area (Å²) in [6.07, 6.45) is 2.78. The van der Waals surface area contributed by atoms with E-state index in [0.29, 0.717) is 30.0 Å². The van der Waals surface area contributed by atoms with Gasteiger partial charge < -0.3 is 19.6 Å². The largest absolute Gasteiger partial charge is 0.481 e. The highest BCUT2D eigenvalue weighted by molar-refractivity contribution is 6.74. The topological polar surface area (TPSA) is 114 Å². The molecule has 212 valence electrons. The summed E-state index contributed by atoms with van der Waals surface area (Å²) in [7, 11) is -1.95. The molecule has 2 aromatic carbocycles. The van der Waals surface area contributed by atoms with Crippen LogP contribution in [-0.2, 0) is 18.8 Å². The second-order valence-corrected chi connectivity index (χ2v) is 16.8. The SMILES string of the molecule is CC(C)(C)OC(=O)Nc1ccccc1NC(=O)/C=C/c1ccc(C(CCO[Si](C)(C)C(C)(C)C)C(=O)O)cc1. The van der Waals surface area contributed by atoms with Crippen molar-refractivity contribution in [2.45, 2.75) is 77.6 Å². The average Bonchev–Trinajstić information content (AvgIpc) is 2.80. The second kappa shape index (κ2) is 13.1. The van der Waals surface area contributed by atoms with Crippen LogP contribution < -0.4 is 10.6 Å². The zero-order valence-corrected chi connectivity index (χ0v) is 25.3. The van der Waals surface area contributed by atoms with E-state index in [1.54, 1.807) is 75.4 Å². The molecule has 0 radical (unpaired) electrons. The quantitative estimate of drug-likeness (QED) is 0.210. The number of benzene rings is 2. The van der Waals surface area contributed by atoms with Gasteiger partial charge in [-0.25, -0.2) is 4.79 Å². The van der Waals surface area contributed by atoms with Gasteiger partial charge in [0.1, 0.15) is 5.60 Å². The predicted molar refractivity (Wildman–Crippen MR) is 159 cm³/mol. The van der Waals surface area contributed by atoms with Crippen LogP contribution in [0.15, 0.2) is 54.6 Å². The Morgan fingerprint density at radius 2 is 1.49 bits per heavy atom. The van der Waals surface area contributed by atoms with E-state index in [1.165, 1.54) is 6.08 Å². The summed E-state index contributed by atoms with van der Waals surface area (Å²) >= 11 is 0. The minimum Gasteiger partial charge on any atom is -0.481 e. The molecule has 0 aromatic heterocycles.